The van der Waals surface area contributed by atoms with Gasteiger partial charge in [0.15, 0.2) is 0 Å². The summed E-state index contributed by atoms with van der Waals surface area (Å²) < 4.78 is 0. The van der Waals surface area contributed by atoms with Crippen LogP contribution in [0.25, 0.3) is 0 Å². The summed E-state index contributed by atoms with van der Waals surface area (Å²) in [6.45, 7) is 5.23. The van der Waals surface area contributed by atoms with Gasteiger partial charge in [0.25, 0.3) is 5.91 Å². The number of aromatic nitrogens is 1. The number of aliphatic hydroxyl groups excluding tert-OH is 1. The van der Waals surface area contributed by atoms with Crippen LogP contribution in [0.4, 0.5) is 0 Å². The van der Waals surface area contributed by atoms with E-state index >= 15 is 0 Å². The molecule has 0 atom stereocenters. The molecule has 19 heavy (non-hydrogen) atoms. The Kier molecular flexibility index (Phi) is 6.81. The third-order valence-corrected chi connectivity index (χ3v) is 3.05. The third kappa shape index (κ3) is 4.80. The maximum Gasteiger partial charge on any atom is 0.254 e. The van der Waals surface area contributed by atoms with Gasteiger partial charge < -0.3 is 10.0 Å². The zero-order valence-electron chi connectivity index (χ0n) is 11.5. The van der Waals surface area contributed by atoms with E-state index in [0.29, 0.717) is 30.2 Å². The van der Waals surface area contributed by atoms with Gasteiger partial charge in [-0.15, -0.1) is 0 Å². The number of hydrogen-bond donors (Lipinski definition) is 1. The second kappa shape index (κ2) is 8.12. The summed E-state index contributed by atoms with van der Waals surface area (Å²) in [5, 5.41) is 9.21. The first-order valence-corrected chi connectivity index (χ1v) is 7.06. The van der Waals surface area contributed by atoms with E-state index in [9.17, 15) is 4.79 Å². The molecule has 1 heterocycles. The molecule has 0 aromatic carbocycles. The predicted octanol–water partition coefficient (Wildman–Crippen LogP) is 2.53. The number of nitrogens with zero attached hydrogens (tertiary/aromatic N) is 2. The van der Waals surface area contributed by atoms with Gasteiger partial charge in [-0.2, -0.15) is 0 Å². The lowest BCUT2D eigenvalue weighted by molar-refractivity contribution is 0.0754. The van der Waals surface area contributed by atoms with E-state index in [4.69, 9.17) is 16.7 Å². The van der Waals surface area contributed by atoms with Crippen LogP contribution < -0.4 is 0 Å². The fourth-order valence-corrected chi connectivity index (χ4v) is 2.13. The molecule has 0 aliphatic carbocycles. The van der Waals surface area contributed by atoms with Crippen LogP contribution in [0.2, 0.25) is 5.15 Å². The van der Waals surface area contributed by atoms with Gasteiger partial charge in [-0.25, -0.2) is 4.98 Å². The van der Waals surface area contributed by atoms with Crippen molar-refractivity contribution in [3.8, 4) is 0 Å². The quantitative estimate of drug-likeness (QED) is 0.783. The highest BCUT2D eigenvalue weighted by atomic mass is 35.5. The van der Waals surface area contributed by atoms with Crippen LogP contribution in [0.15, 0.2) is 12.1 Å². The number of aryl methyl sites for hydroxylation is 1. The van der Waals surface area contributed by atoms with E-state index in [-0.39, 0.29) is 12.5 Å². The number of halogens is 1. The maximum absolute atomic E-state index is 12.3. The minimum absolute atomic E-state index is 0.0578. The summed E-state index contributed by atoms with van der Waals surface area (Å²) in [5.74, 6) is -0.0578. The summed E-state index contributed by atoms with van der Waals surface area (Å²) in [7, 11) is 0. The maximum atomic E-state index is 12.3. The Morgan fingerprint density at radius 3 is 2.74 bits per heavy atom. The fraction of sp³-hybridized carbons (Fsp3) is 0.571. The lowest BCUT2D eigenvalue weighted by Gasteiger charge is -2.20. The average Bonchev–Trinajstić information content (AvgIpc) is 2.39. The molecule has 4 nitrogen and oxygen atoms in total. The highest BCUT2D eigenvalue weighted by molar-refractivity contribution is 6.29. The minimum atomic E-state index is -0.0578. The Morgan fingerprint density at radius 1 is 1.42 bits per heavy atom. The van der Waals surface area contributed by atoms with Crippen molar-refractivity contribution in [1.29, 1.82) is 0 Å². The second-order valence-electron chi connectivity index (χ2n) is 4.38. The molecule has 0 unspecified atom stereocenters. The Bertz CT molecular complexity index is 424. The van der Waals surface area contributed by atoms with Gasteiger partial charge in [0.1, 0.15) is 5.15 Å². The highest BCUT2D eigenvalue weighted by Crippen LogP contribution is 2.14. The van der Waals surface area contributed by atoms with Crippen LogP contribution in [0.5, 0.6) is 0 Å². The van der Waals surface area contributed by atoms with E-state index in [2.05, 4.69) is 11.9 Å². The molecular weight excluding hydrogens is 264 g/mol. The largest absolute Gasteiger partial charge is 0.396 e. The lowest BCUT2D eigenvalue weighted by atomic mass is 10.1. The number of aliphatic hydroxyl groups is 1. The van der Waals surface area contributed by atoms with E-state index < -0.39 is 0 Å². The topological polar surface area (TPSA) is 53.4 Å². The van der Waals surface area contributed by atoms with E-state index in [0.717, 1.165) is 18.5 Å². The monoisotopic (exact) mass is 284 g/mol. The molecule has 0 aliphatic rings. The number of hydrogen-bond acceptors (Lipinski definition) is 3. The van der Waals surface area contributed by atoms with Crippen molar-refractivity contribution in [2.24, 2.45) is 0 Å². The molecule has 106 valence electrons. The summed E-state index contributed by atoms with van der Waals surface area (Å²) in [6, 6.07) is 3.41. The van der Waals surface area contributed by atoms with E-state index in [1.54, 1.807) is 17.0 Å². The molecule has 0 aliphatic heterocycles. The summed E-state index contributed by atoms with van der Waals surface area (Å²) in [5.41, 5.74) is 1.42. The molecule has 1 rings (SSSR count). The van der Waals surface area contributed by atoms with Crippen LogP contribution in [0.3, 0.4) is 0 Å². The number of amides is 1. The van der Waals surface area contributed by atoms with Crippen molar-refractivity contribution >= 4 is 17.5 Å². The number of pyridine rings is 1. The van der Waals surface area contributed by atoms with Gasteiger partial charge in [0.05, 0.1) is 0 Å². The summed E-state index contributed by atoms with van der Waals surface area (Å²) >= 11 is 5.96. The Morgan fingerprint density at radius 2 is 2.16 bits per heavy atom. The van der Waals surface area contributed by atoms with Crippen molar-refractivity contribution in [2.75, 3.05) is 19.7 Å². The molecule has 1 N–H and O–H groups in total. The Labute approximate surface area is 119 Å². The SMILES string of the molecule is CCCc1cc(C(=O)N(CC)CCCO)cc(Cl)n1. The normalized spacial score (nSPS) is 10.5. The first kappa shape index (κ1) is 15.9. The van der Waals surface area contributed by atoms with Gasteiger partial charge in [-0.05, 0) is 31.9 Å². The van der Waals surface area contributed by atoms with Gasteiger partial charge in [0.2, 0.25) is 0 Å². The van der Waals surface area contributed by atoms with Crippen molar-refractivity contribution in [3.05, 3.63) is 28.5 Å². The van der Waals surface area contributed by atoms with Crippen molar-refractivity contribution in [1.82, 2.24) is 9.88 Å². The van der Waals surface area contributed by atoms with Crippen molar-refractivity contribution < 1.29 is 9.90 Å². The van der Waals surface area contributed by atoms with E-state index in [1.165, 1.54) is 0 Å². The molecule has 1 aromatic rings. The zero-order valence-corrected chi connectivity index (χ0v) is 12.3. The number of carbonyl (C=O) groups excluding carboxylic acids is 1. The third-order valence-electron chi connectivity index (χ3n) is 2.86. The molecule has 0 radical (unpaired) electrons. The molecule has 0 saturated carbocycles. The minimum Gasteiger partial charge on any atom is -0.396 e. The molecular formula is C14H21ClN2O2. The van der Waals surface area contributed by atoms with Crippen LogP contribution in [-0.2, 0) is 6.42 Å². The zero-order chi connectivity index (χ0) is 14.3. The van der Waals surface area contributed by atoms with Gasteiger partial charge in [-0.3, -0.25) is 4.79 Å². The molecule has 1 aromatic heterocycles. The average molecular weight is 285 g/mol. The number of rotatable bonds is 7. The smallest absolute Gasteiger partial charge is 0.254 e. The van der Waals surface area contributed by atoms with Crippen LogP contribution in [0.1, 0.15) is 42.7 Å². The highest BCUT2D eigenvalue weighted by Gasteiger charge is 2.15. The Balaban J connectivity index is 2.90. The molecule has 0 bridgehead atoms. The van der Waals surface area contributed by atoms with Gasteiger partial charge in [-0.1, -0.05) is 24.9 Å². The van der Waals surface area contributed by atoms with Gasteiger partial charge >= 0.3 is 0 Å². The first-order chi connectivity index (χ1) is 9.12. The van der Waals surface area contributed by atoms with Gasteiger partial charge in [0, 0.05) is 31.0 Å². The predicted molar refractivity (Wildman–Crippen MR) is 76.5 cm³/mol. The summed E-state index contributed by atoms with van der Waals surface area (Å²) in [6.07, 6.45) is 2.35. The molecule has 0 saturated heterocycles. The lowest BCUT2D eigenvalue weighted by Crippen LogP contribution is -2.32. The van der Waals surface area contributed by atoms with Crippen LogP contribution >= 0.6 is 11.6 Å². The van der Waals surface area contributed by atoms with Crippen LogP contribution in [-0.4, -0.2) is 40.6 Å². The molecule has 1 amide bonds. The first-order valence-electron chi connectivity index (χ1n) is 6.69. The molecule has 0 fully saturated rings. The Hall–Kier alpha value is -1.13. The molecule has 5 heteroatoms. The number of carbonyl (C=O) groups is 1. The second-order valence-corrected chi connectivity index (χ2v) is 4.77. The van der Waals surface area contributed by atoms with E-state index in [1.807, 2.05) is 6.92 Å². The van der Waals surface area contributed by atoms with Crippen LogP contribution in [0, 0.1) is 0 Å². The van der Waals surface area contributed by atoms with Crippen molar-refractivity contribution in [2.45, 2.75) is 33.1 Å². The molecule has 0 spiro atoms. The van der Waals surface area contributed by atoms with Crippen molar-refractivity contribution in [3.63, 3.8) is 0 Å². The fourth-order valence-electron chi connectivity index (χ4n) is 1.91. The standard InChI is InChI=1S/C14H21ClN2O2/c1-3-6-12-9-11(10-13(15)16-12)14(19)17(4-2)7-5-8-18/h9-10,18H,3-8H2,1-2H3. The summed E-state index contributed by atoms with van der Waals surface area (Å²) in [4.78, 5) is 18.3.